The number of aromatic nitrogens is 1. The van der Waals surface area contributed by atoms with Crippen LogP contribution in [0.4, 0.5) is 13.2 Å². The second-order valence-electron chi connectivity index (χ2n) is 6.43. The summed E-state index contributed by atoms with van der Waals surface area (Å²) in [5.41, 5.74) is 2.78. The van der Waals surface area contributed by atoms with E-state index in [-0.39, 0.29) is 24.4 Å². The van der Waals surface area contributed by atoms with Gasteiger partial charge in [0.15, 0.2) is 0 Å². The van der Waals surface area contributed by atoms with Crippen LogP contribution in [-0.2, 0) is 11.3 Å². The van der Waals surface area contributed by atoms with Gasteiger partial charge in [-0.1, -0.05) is 13.8 Å². The molecule has 1 aliphatic heterocycles. The number of carbonyl (C=O) groups is 1. The fourth-order valence-corrected chi connectivity index (χ4v) is 3.81. The fraction of sp³-hybridized carbons (Fsp3) is 0.733. The standard InChI is InChI=1S/C15H22F3N3OS.ClH/c1-9(2)11-5-21(7-13-10(3)19-8-23-13)6-12(11)20-14(22)4-15(16,17)18;/h8-9,11-12H,4-7H2,1-3H3,(H,20,22);1H/t11-,12+;/m1./s1. The zero-order valence-corrected chi connectivity index (χ0v) is 15.5. The lowest BCUT2D eigenvalue weighted by molar-refractivity contribution is -0.154. The van der Waals surface area contributed by atoms with Crippen molar-refractivity contribution in [2.24, 2.45) is 11.8 Å². The summed E-state index contributed by atoms with van der Waals surface area (Å²) in [6.07, 6.45) is -5.88. The molecule has 0 unspecified atom stereocenters. The Morgan fingerprint density at radius 3 is 2.62 bits per heavy atom. The Morgan fingerprint density at radius 2 is 2.12 bits per heavy atom. The van der Waals surface area contributed by atoms with Crippen molar-refractivity contribution in [1.29, 1.82) is 0 Å². The summed E-state index contributed by atoms with van der Waals surface area (Å²) < 4.78 is 37.0. The quantitative estimate of drug-likeness (QED) is 0.845. The zero-order valence-electron chi connectivity index (χ0n) is 13.9. The SMILES string of the molecule is Cc1ncsc1CN1C[C@H](NC(=O)CC(F)(F)F)[C@@H](C(C)C)C1.Cl. The van der Waals surface area contributed by atoms with E-state index in [1.807, 2.05) is 20.8 Å². The van der Waals surface area contributed by atoms with E-state index in [1.165, 1.54) is 0 Å². The maximum absolute atomic E-state index is 12.3. The molecule has 1 N–H and O–H groups in total. The predicted octanol–water partition coefficient (Wildman–Crippen LogP) is 3.40. The number of rotatable bonds is 5. The minimum absolute atomic E-state index is 0. The molecule has 0 radical (unpaired) electrons. The highest BCUT2D eigenvalue weighted by molar-refractivity contribution is 7.09. The molecular formula is C15H23ClF3N3OS. The third-order valence-electron chi connectivity index (χ3n) is 4.22. The highest BCUT2D eigenvalue weighted by Crippen LogP contribution is 2.28. The normalized spacial score (nSPS) is 21.8. The molecule has 1 amide bonds. The van der Waals surface area contributed by atoms with Gasteiger partial charge >= 0.3 is 6.18 Å². The van der Waals surface area contributed by atoms with E-state index in [0.29, 0.717) is 12.5 Å². The van der Waals surface area contributed by atoms with Crippen molar-refractivity contribution in [1.82, 2.24) is 15.2 Å². The average molecular weight is 386 g/mol. The Balaban J connectivity index is 0.00000288. The minimum atomic E-state index is -4.46. The Labute approximate surface area is 150 Å². The minimum Gasteiger partial charge on any atom is -0.351 e. The lowest BCUT2D eigenvalue weighted by atomic mass is 9.91. The van der Waals surface area contributed by atoms with Crippen molar-refractivity contribution in [2.45, 2.75) is 46.0 Å². The van der Waals surface area contributed by atoms with Crippen LogP contribution >= 0.6 is 23.7 Å². The van der Waals surface area contributed by atoms with Crippen LogP contribution in [0.2, 0.25) is 0 Å². The Kier molecular flexibility index (Phi) is 7.49. The van der Waals surface area contributed by atoms with Gasteiger partial charge in [-0.25, -0.2) is 4.98 Å². The van der Waals surface area contributed by atoms with Crippen LogP contribution in [0.1, 0.15) is 30.8 Å². The van der Waals surface area contributed by atoms with Crippen molar-refractivity contribution >= 4 is 29.7 Å². The molecule has 2 rings (SSSR count). The van der Waals surface area contributed by atoms with E-state index in [4.69, 9.17) is 0 Å². The van der Waals surface area contributed by atoms with Gasteiger partial charge in [0.2, 0.25) is 5.91 Å². The number of hydrogen-bond acceptors (Lipinski definition) is 4. The number of halogens is 4. The van der Waals surface area contributed by atoms with E-state index >= 15 is 0 Å². The third kappa shape index (κ3) is 5.89. The van der Waals surface area contributed by atoms with E-state index in [9.17, 15) is 18.0 Å². The van der Waals surface area contributed by atoms with E-state index < -0.39 is 18.5 Å². The van der Waals surface area contributed by atoms with Crippen molar-refractivity contribution in [3.63, 3.8) is 0 Å². The summed E-state index contributed by atoms with van der Waals surface area (Å²) in [6.45, 7) is 8.09. The summed E-state index contributed by atoms with van der Waals surface area (Å²) in [6, 6.07) is -0.238. The van der Waals surface area contributed by atoms with E-state index in [0.717, 1.165) is 23.7 Å². The Hall–Kier alpha value is -0.860. The first-order chi connectivity index (χ1) is 10.7. The smallest absolute Gasteiger partial charge is 0.351 e. The topological polar surface area (TPSA) is 45.2 Å². The molecule has 0 aliphatic carbocycles. The van der Waals surface area contributed by atoms with Crippen LogP contribution in [-0.4, -0.2) is 41.1 Å². The molecule has 2 atom stereocenters. The number of carbonyl (C=O) groups excluding carboxylic acids is 1. The lowest BCUT2D eigenvalue weighted by Gasteiger charge is -2.23. The number of alkyl halides is 3. The second-order valence-corrected chi connectivity index (χ2v) is 7.37. The highest BCUT2D eigenvalue weighted by Gasteiger charge is 2.38. The molecule has 9 heteroatoms. The zero-order chi connectivity index (χ0) is 17.2. The van der Waals surface area contributed by atoms with Gasteiger partial charge in [-0.2, -0.15) is 13.2 Å². The summed E-state index contributed by atoms with van der Waals surface area (Å²) >= 11 is 1.58. The number of thiazole rings is 1. The van der Waals surface area contributed by atoms with Crippen molar-refractivity contribution in [3.05, 3.63) is 16.1 Å². The van der Waals surface area contributed by atoms with Crippen LogP contribution in [0.15, 0.2) is 5.51 Å². The van der Waals surface area contributed by atoms with Crippen LogP contribution in [0.5, 0.6) is 0 Å². The second kappa shape index (κ2) is 8.49. The van der Waals surface area contributed by atoms with Gasteiger partial charge in [-0.15, -0.1) is 23.7 Å². The Bertz CT molecular complexity index is 550. The molecule has 1 aromatic heterocycles. The lowest BCUT2D eigenvalue weighted by Crippen LogP contribution is -2.43. The van der Waals surface area contributed by atoms with Gasteiger partial charge in [-0.3, -0.25) is 9.69 Å². The fourth-order valence-electron chi connectivity index (χ4n) is 2.99. The molecule has 1 saturated heterocycles. The largest absolute Gasteiger partial charge is 0.397 e. The van der Waals surface area contributed by atoms with Crippen molar-refractivity contribution in [2.75, 3.05) is 13.1 Å². The first-order valence-corrected chi connectivity index (χ1v) is 8.51. The molecule has 138 valence electrons. The molecule has 0 saturated carbocycles. The molecule has 1 aromatic rings. The summed E-state index contributed by atoms with van der Waals surface area (Å²) in [5, 5.41) is 2.58. The molecular weight excluding hydrogens is 363 g/mol. The maximum atomic E-state index is 12.3. The number of hydrogen-bond donors (Lipinski definition) is 1. The average Bonchev–Trinajstić information content (AvgIpc) is 2.95. The van der Waals surface area contributed by atoms with Gasteiger partial charge in [0, 0.05) is 30.6 Å². The van der Waals surface area contributed by atoms with Crippen molar-refractivity contribution in [3.8, 4) is 0 Å². The monoisotopic (exact) mass is 385 g/mol. The number of nitrogens with zero attached hydrogens (tertiary/aromatic N) is 2. The predicted molar refractivity (Wildman–Crippen MR) is 90.3 cm³/mol. The summed E-state index contributed by atoms with van der Waals surface area (Å²) in [5.74, 6) is -0.497. The molecule has 0 aromatic carbocycles. The molecule has 1 aliphatic rings. The molecule has 1 fully saturated rings. The molecule has 0 spiro atoms. The van der Waals surface area contributed by atoms with Gasteiger partial charge in [-0.05, 0) is 18.8 Å². The highest BCUT2D eigenvalue weighted by atomic mass is 35.5. The number of likely N-dealkylation sites (tertiary alicyclic amines) is 1. The van der Waals surface area contributed by atoms with Gasteiger partial charge in [0.25, 0.3) is 0 Å². The van der Waals surface area contributed by atoms with E-state index in [1.54, 1.807) is 16.8 Å². The third-order valence-corrected chi connectivity index (χ3v) is 5.14. The maximum Gasteiger partial charge on any atom is 0.397 e. The number of amides is 1. The number of nitrogens with one attached hydrogen (secondary N) is 1. The van der Waals surface area contributed by atoms with Crippen LogP contribution in [0.25, 0.3) is 0 Å². The van der Waals surface area contributed by atoms with Crippen LogP contribution in [0.3, 0.4) is 0 Å². The molecule has 0 bridgehead atoms. The van der Waals surface area contributed by atoms with Crippen molar-refractivity contribution < 1.29 is 18.0 Å². The first-order valence-electron chi connectivity index (χ1n) is 7.63. The molecule has 2 heterocycles. The Morgan fingerprint density at radius 1 is 1.46 bits per heavy atom. The van der Waals surface area contributed by atoms with Crippen LogP contribution in [0, 0.1) is 18.8 Å². The van der Waals surface area contributed by atoms with Gasteiger partial charge in [0.05, 0.1) is 11.2 Å². The molecule has 24 heavy (non-hydrogen) atoms. The summed E-state index contributed by atoms with van der Waals surface area (Å²) in [4.78, 5) is 19.2. The van der Waals surface area contributed by atoms with Gasteiger partial charge < -0.3 is 5.32 Å². The van der Waals surface area contributed by atoms with E-state index in [2.05, 4.69) is 15.2 Å². The first kappa shape index (κ1) is 21.2. The van der Waals surface area contributed by atoms with Gasteiger partial charge in [0.1, 0.15) is 6.42 Å². The molecule has 4 nitrogen and oxygen atoms in total. The number of aryl methyl sites for hydroxylation is 1. The van der Waals surface area contributed by atoms with Crippen LogP contribution < -0.4 is 5.32 Å². The summed E-state index contributed by atoms with van der Waals surface area (Å²) in [7, 11) is 0.